The van der Waals surface area contributed by atoms with Crippen molar-refractivity contribution in [3.63, 3.8) is 0 Å². The maximum atomic E-state index is 13.4. The van der Waals surface area contributed by atoms with Crippen LogP contribution in [0.25, 0.3) is 10.9 Å². The molecule has 3 amide bonds. The van der Waals surface area contributed by atoms with Crippen LogP contribution in [-0.4, -0.2) is 72.8 Å². The second kappa shape index (κ2) is 23.3. The summed E-state index contributed by atoms with van der Waals surface area (Å²) in [5.41, 5.74) is 30.3. The number of rotatable bonds is 15. The van der Waals surface area contributed by atoms with Crippen molar-refractivity contribution in [1.82, 2.24) is 10.2 Å². The number of nitrogens with one attached hydrogen (secondary N) is 4. The molecule has 0 aliphatic heterocycles. The number of aryl methyl sites for hydroxylation is 1. The van der Waals surface area contributed by atoms with E-state index >= 15 is 0 Å². The molecule has 18 heteroatoms. The monoisotopic (exact) mass is 733 g/mol. The third-order valence-corrected chi connectivity index (χ3v) is 6.58. The molecule has 47 heavy (non-hydrogen) atoms. The van der Waals surface area contributed by atoms with Gasteiger partial charge < -0.3 is 57.5 Å². The molecule has 0 fully saturated rings. The molecule has 14 nitrogen and oxygen atoms in total. The number of para-hydroxylation sites is 1. The molecule has 0 saturated carbocycles. The van der Waals surface area contributed by atoms with Gasteiger partial charge in [-0.25, -0.2) is 4.98 Å². The number of nitrogens with zero attached hydrogens (tertiary/aromatic N) is 2. The van der Waals surface area contributed by atoms with Crippen LogP contribution in [0.15, 0.2) is 71.9 Å². The summed E-state index contributed by atoms with van der Waals surface area (Å²) in [6.07, 6.45) is 2.22. The predicted molar refractivity (Wildman–Crippen MR) is 179 cm³/mol. The van der Waals surface area contributed by atoms with Crippen LogP contribution in [-0.2, 0) is 20.8 Å². The largest absolute Gasteiger partial charge is 1.00 e. The summed E-state index contributed by atoms with van der Waals surface area (Å²) in [7, 11) is 0. The Hall–Kier alpha value is -4.08. The first-order valence-corrected chi connectivity index (χ1v) is 13.9. The van der Waals surface area contributed by atoms with Crippen LogP contribution in [0, 0.1) is 0 Å². The third kappa shape index (κ3) is 15.9. The summed E-state index contributed by atoms with van der Waals surface area (Å²) in [4.78, 5) is 50.9. The average molecular weight is 736 g/mol. The van der Waals surface area contributed by atoms with Gasteiger partial charge in [-0.15, -0.1) is 24.8 Å². The highest BCUT2D eigenvalue weighted by atomic mass is 35.5. The maximum Gasteiger partial charge on any atom is 0.338 e. The quantitative estimate of drug-likeness (QED) is 0.0549. The normalized spacial score (nSPS) is 11.0. The molecule has 1 aromatic heterocycles. The highest BCUT2D eigenvalue weighted by Gasteiger charge is 2.27. The van der Waals surface area contributed by atoms with Gasteiger partial charge in [0.25, 0.3) is 0 Å². The van der Waals surface area contributed by atoms with Crippen LogP contribution in [0.3, 0.4) is 0 Å². The van der Waals surface area contributed by atoms with Crippen LogP contribution >= 0.6 is 24.8 Å². The first-order valence-electron chi connectivity index (χ1n) is 13.9. The fraction of sp³-hybridized carbons (Fsp3) is 0.310. The number of pyridine rings is 1. The molecule has 2 atom stereocenters. The molecule has 3 aromatic rings. The third-order valence-electron chi connectivity index (χ3n) is 6.58. The molecule has 0 radical (unpaired) electrons. The van der Waals surface area contributed by atoms with Crippen LogP contribution in [0.5, 0.6) is 0 Å². The van der Waals surface area contributed by atoms with E-state index in [9.17, 15) is 14.4 Å². The maximum absolute atomic E-state index is 13.4. The standard InChI is InChI=1S/C29H39N11O3.4ClH/c30-22(17-25(41)40(14-12-35-28(31)32)15-13-36-29(33)34)26(42)39-24(11-10-19-6-2-1-3-7-19)27(43)38-21-16-20-8-4-5-9-23(20)37-18-21;;;;/h1-9,16,18,22,24H,10-15,17,30H2,(H,38,43)(H,39,42)(H4,31,32,35)(H4,33,34,36);4*1H/t22-,24-;;;;/m0..../s1. The minimum absolute atomic E-state index is 0. The van der Waals surface area contributed by atoms with Gasteiger partial charge in [-0.05, 0) is 30.5 Å². The lowest BCUT2D eigenvalue weighted by atomic mass is 10.0. The van der Waals surface area contributed by atoms with E-state index in [-0.39, 0.29) is 94.1 Å². The van der Waals surface area contributed by atoms with E-state index in [0.717, 1.165) is 16.5 Å². The number of nitrogens with two attached hydrogens (primary N) is 5. The number of fused-ring (bicyclic) bond motifs is 1. The Morgan fingerprint density at radius 2 is 1.57 bits per heavy atom. The number of amides is 3. The zero-order chi connectivity index (χ0) is 31.2. The number of benzene rings is 2. The van der Waals surface area contributed by atoms with Crippen molar-refractivity contribution in [1.29, 1.82) is 0 Å². The number of H-pyrrole nitrogens is 1. The van der Waals surface area contributed by atoms with Gasteiger partial charge in [0, 0.05) is 18.0 Å². The van der Waals surface area contributed by atoms with Crippen molar-refractivity contribution in [3.8, 4) is 0 Å². The Morgan fingerprint density at radius 3 is 2.23 bits per heavy atom. The van der Waals surface area contributed by atoms with Crippen molar-refractivity contribution in [2.75, 3.05) is 31.5 Å². The number of guanidine groups is 2. The van der Waals surface area contributed by atoms with Gasteiger partial charge in [0.05, 0.1) is 32.1 Å². The van der Waals surface area contributed by atoms with Gasteiger partial charge in [0.1, 0.15) is 11.7 Å². The van der Waals surface area contributed by atoms with E-state index in [4.69, 9.17) is 28.7 Å². The Kier molecular flexibility index (Phi) is 22.3. The molecule has 0 bridgehead atoms. The molecular formula is C29H43Cl4N11O3. The highest BCUT2D eigenvalue weighted by molar-refractivity contribution is 5.99. The zero-order valence-corrected chi connectivity index (χ0v) is 28.7. The average Bonchev–Trinajstić information content (AvgIpc) is 2.98. The van der Waals surface area contributed by atoms with Gasteiger partial charge in [-0.1, -0.05) is 42.5 Å². The molecule has 0 aliphatic carbocycles. The summed E-state index contributed by atoms with van der Waals surface area (Å²) >= 11 is 0. The van der Waals surface area contributed by atoms with Gasteiger partial charge in [0.15, 0.2) is 12.2 Å². The second-order valence-corrected chi connectivity index (χ2v) is 9.93. The van der Waals surface area contributed by atoms with Crippen molar-refractivity contribution in [3.05, 3.63) is 72.4 Å². The number of carbonyl (C=O) groups is 3. The van der Waals surface area contributed by atoms with Gasteiger partial charge in [-0.3, -0.25) is 35.8 Å². The summed E-state index contributed by atoms with van der Waals surface area (Å²) in [6, 6.07) is 17.0. The summed E-state index contributed by atoms with van der Waals surface area (Å²) < 4.78 is 0. The smallest absolute Gasteiger partial charge is 0.338 e. The van der Waals surface area contributed by atoms with Gasteiger partial charge in [0.2, 0.25) is 23.2 Å². The van der Waals surface area contributed by atoms with Gasteiger partial charge in [-0.2, -0.15) is 0 Å². The lowest BCUT2D eigenvalue weighted by molar-refractivity contribution is -0.459. The minimum Gasteiger partial charge on any atom is -1.00 e. The van der Waals surface area contributed by atoms with Crippen LogP contribution in [0.2, 0.25) is 0 Å². The minimum atomic E-state index is -1.21. The van der Waals surface area contributed by atoms with Crippen LogP contribution in [0.4, 0.5) is 5.69 Å². The second-order valence-electron chi connectivity index (χ2n) is 9.93. The molecule has 14 N–H and O–H groups in total. The fourth-order valence-electron chi connectivity index (χ4n) is 4.33. The van der Waals surface area contributed by atoms with E-state index in [1.165, 1.54) is 4.90 Å². The Labute approximate surface area is 298 Å². The summed E-state index contributed by atoms with van der Waals surface area (Å²) in [5, 5.41) is 6.53. The fourth-order valence-corrected chi connectivity index (χ4v) is 4.33. The highest BCUT2D eigenvalue weighted by Crippen LogP contribution is 2.15. The Morgan fingerprint density at radius 1 is 0.915 bits per heavy atom. The molecule has 260 valence electrons. The number of aromatic amines is 1. The van der Waals surface area contributed by atoms with Gasteiger partial charge >= 0.3 is 5.96 Å². The molecule has 0 spiro atoms. The lowest BCUT2D eigenvalue weighted by Crippen LogP contribution is -3.00. The molecule has 0 aliphatic rings. The molecule has 3 rings (SSSR count). The number of aromatic nitrogens is 1. The topological polar surface area (TPSA) is 249 Å². The number of carbonyl (C=O) groups excluding carboxylic acids is 3. The van der Waals surface area contributed by atoms with Crippen LogP contribution < -0.4 is 74.1 Å². The SMILES string of the molecule is Cl.Cl.NC(N)=NCCN(CC[NH+]=C(N)N)C(=O)C[C@H](N)C(=O)N[C@@H](CCc1ccccc1)C(=O)Nc1c[nH+]c2ccccc2c1.[Cl-].[Cl-]. The van der Waals surface area contributed by atoms with Crippen molar-refractivity contribution < 1.29 is 49.2 Å². The van der Waals surface area contributed by atoms with E-state index in [1.54, 1.807) is 6.20 Å². The number of halogens is 4. The Bertz CT molecular complexity index is 1440. The van der Waals surface area contributed by atoms with E-state index in [2.05, 4.69) is 25.6 Å². The van der Waals surface area contributed by atoms with E-state index in [1.807, 2.05) is 60.7 Å². The van der Waals surface area contributed by atoms with Crippen LogP contribution in [0.1, 0.15) is 18.4 Å². The van der Waals surface area contributed by atoms with Crippen molar-refractivity contribution in [2.24, 2.45) is 33.7 Å². The van der Waals surface area contributed by atoms with E-state index in [0.29, 0.717) is 18.5 Å². The molecule has 0 unspecified atom stereocenters. The lowest BCUT2D eigenvalue weighted by Gasteiger charge is -2.24. The molecule has 0 saturated heterocycles. The first kappa shape index (κ1) is 45.0. The molecular weight excluding hydrogens is 692 g/mol. The zero-order valence-electron chi connectivity index (χ0n) is 25.5. The van der Waals surface area contributed by atoms with Crippen molar-refractivity contribution >= 4 is 71.0 Å². The number of hydrogen-bond acceptors (Lipinski definition) is 5. The number of hydrogen-bond donors (Lipinski definition) is 8. The summed E-state index contributed by atoms with van der Waals surface area (Å²) in [6.45, 7) is 0.828. The molecule has 1 heterocycles. The van der Waals surface area contributed by atoms with E-state index < -0.39 is 29.8 Å². The Balaban J connectivity index is 0. The van der Waals surface area contributed by atoms with Crippen molar-refractivity contribution in [2.45, 2.75) is 31.3 Å². The predicted octanol–water partition coefficient (Wildman–Crippen LogP) is -8.27. The summed E-state index contributed by atoms with van der Waals surface area (Å²) in [5.74, 6) is -1.54. The molecule has 2 aromatic carbocycles. The number of aliphatic imine (C=N–C) groups is 1. The first-order chi connectivity index (χ1) is 20.6. The number of anilines is 1.